The van der Waals surface area contributed by atoms with E-state index in [2.05, 4.69) is 44.1 Å². The van der Waals surface area contributed by atoms with Gasteiger partial charge in [-0.25, -0.2) is 0 Å². The molecule has 2 aliphatic rings. The van der Waals surface area contributed by atoms with Gasteiger partial charge < -0.3 is 9.80 Å². The maximum atomic E-state index is 4.43. The Balaban J connectivity index is 1.93. The minimum absolute atomic E-state index is 0.532. The van der Waals surface area contributed by atoms with Gasteiger partial charge in [-0.05, 0) is 42.9 Å². The van der Waals surface area contributed by atoms with Crippen LogP contribution in [0.1, 0.15) is 59.8 Å². The second kappa shape index (κ2) is 6.41. The van der Waals surface area contributed by atoms with Crippen molar-refractivity contribution in [2.24, 2.45) is 17.3 Å². The van der Waals surface area contributed by atoms with E-state index in [4.69, 9.17) is 0 Å². The fourth-order valence-corrected chi connectivity index (χ4v) is 3.76. The Morgan fingerprint density at radius 2 is 1.90 bits per heavy atom. The van der Waals surface area contributed by atoms with Crippen LogP contribution in [-0.4, -0.2) is 36.0 Å². The maximum absolute atomic E-state index is 4.43. The Morgan fingerprint density at radius 3 is 2.55 bits per heavy atom. The molecule has 2 fully saturated rings. The van der Waals surface area contributed by atoms with E-state index in [1.165, 1.54) is 64.1 Å². The third kappa shape index (κ3) is 3.32. The maximum Gasteiger partial charge on any atom is 0.0965 e. The summed E-state index contributed by atoms with van der Waals surface area (Å²) in [4.78, 5) is 5.10. The summed E-state index contributed by atoms with van der Waals surface area (Å²) in [6.07, 6.45) is 6.66. The van der Waals surface area contributed by atoms with Crippen LogP contribution in [-0.2, 0) is 0 Å². The molecule has 2 rings (SSSR count). The Kier molecular flexibility index (Phi) is 5.04. The van der Waals surface area contributed by atoms with Crippen LogP contribution in [0.2, 0.25) is 0 Å². The molecule has 3 atom stereocenters. The van der Waals surface area contributed by atoms with E-state index < -0.39 is 0 Å². The molecule has 3 unspecified atom stereocenters. The van der Waals surface area contributed by atoms with Crippen LogP contribution in [0.3, 0.4) is 0 Å². The van der Waals surface area contributed by atoms with Gasteiger partial charge >= 0.3 is 0 Å². The van der Waals surface area contributed by atoms with Crippen molar-refractivity contribution < 1.29 is 0 Å². The average Bonchev–Trinajstić information content (AvgIpc) is 2.66. The summed E-state index contributed by atoms with van der Waals surface area (Å²) in [5.41, 5.74) is 0.532. The number of hydrogen-bond acceptors (Lipinski definition) is 2. The largest absolute Gasteiger partial charge is 0.359 e. The van der Waals surface area contributed by atoms with Crippen molar-refractivity contribution in [1.29, 1.82) is 0 Å². The molecule has 0 aromatic carbocycles. The first-order valence-electron chi connectivity index (χ1n) is 8.65. The lowest BCUT2D eigenvalue weighted by Gasteiger charge is -2.47. The molecule has 2 heterocycles. The van der Waals surface area contributed by atoms with Crippen LogP contribution in [0.15, 0.2) is 12.4 Å². The van der Waals surface area contributed by atoms with Gasteiger partial charge in [0.1, 0.15) is 0 Å². The molecule has 2 heteroatoms. The minimum Gasteiger partial charge on any atom is -0.359 e. The predicted molar refractivity (Wildman–Crippen MR) is 87.5 cm³/mol. The molecule has 0 aliphatic carbocycles. The number of nitrogens with zero attached hydrogens (tertiary/aromatic N) is 2. The van der Waals surface area contributed by atoms with Crippen LogP contribution < -0.4 is 0 Å². The lowest BCUT2D eigenvalue weighted by Crippen LogP contribution is -2.47. The van der Waals surface area contributed by atoms with E-state index in [1.807, 2.05) is 0 Å². The molecule has 0 spiro atoms. The summed E-state index contributed by atoms with van der Waals surface area (Å²) in [6, 6.07) is 0. The van der Waals surface area contributed by atoms with E-state index in [1.54, 1.807) is 0 Å². The van der Waals surface area contributed by atoms with Gasteiger partial charge in [0.05, 0.1) is 5.82 Å². The molecule has 0 radical (unpaired) electrons. The molecule has 0 saturated carbocycles. The fraction of sp³-hybridized carbons (Fsp3) is 0.889. The second-order valence-electron chi connectivity index (χ2n) is 7.54. The first-order valence-corrected chi connectivity index (χ1v) is 8.65. The predicted octanol–water partition coefficient (Wildman–Crippen LogP) is 4.34. The van der Waals surface area contributed by atoms with Crippen molar-refractivity contribution >= 4 is 0 Å². The average molecular weight is 278 g/mol. The van der Waals surface area contributed by atoms with Crippen LogP contribution in [0.5, 0.6) is 0 Å². The van der Waals surface area contributed by atoms with Crippen molar-refractivity contribution in [2.45, 2.75) is 59.8 Å². The van der Waals surface area contributed by atoms with Gasteiger partial charge in [-0.2, -0.15) is 0 Å². The third-order valence-electron chi connectivity index (χ3n) is 6.19. The van der Waals surface area contributed by atoms with Gasteiger partial charge in [0.15, 0.2) is 0 Å². The molecule has 2 saturated heterocycles. The topological polar surface area (TPSA) is 6.48 Å². The monoisotopic (exact) mass is 278 g/mol. The minimum atomic E-state index is 0.532. The normalized spacial score (nSPS) is 35.8. The lowest BCUT2D eigenvalue weighted by molar-refractivity contribution is 0.0531. The SMILES string of the molecule is C=C(N1CCCC(C)CC1)N1CCC(C)(CC)C(C)C1. The first kappa shape index (κ1) is 15.7. The van der Waals surface area contributed by atoms with Gasteiger partial charge in [-0.15, -0.1) is 0 Å². The summed E-state index contributed by atoms with van der Waals surface area (Å²) < 4.78 is 0. The van der Waals surface area contributed by atoms with E-state index in [0.29, 0.717) is 5.41 Å². The molecule has 0 amide bonds. The zero-order valence-electron chi connectivity index (χ0n) is 14.1. The van der Waals surface area contributed by atoms with Crippen LogP contribution in [0.4, 0.5) is 0 Å². The Bertz CT molecular complexity index is 338. The highest BCUT2D eigenvalue weighted by Gasteiger charge is 2.36. The van der Waals surface area contributed by atoms with E-state index >= 15 is 0 Å². The van der Waals surface area contributed by atoms with Gasteiger partial charge in [-0.3, -0.25) is 0 Å². The summed E-state index contributed by atoms with van der Waals surface area (Å²) in [7, 11) is 0. The zero-order valence-corrected chi connectivity index (χ0v) is 14.1. The highest BCUT2D eigenvalue weighted by Crippen LogP contribution is 2.40. The Morgan fingerprint density at radius 1 is 1.15 bits per heavy atom. The number of hydrogen-bond donors (Lipinski definition) is 0. The van der Waals surface area contributed by atoms with Crippen LogP contribution >= 0.6 is 0 Å². The molecule has 2 nitrogen and oxygen atoms in total. The van der Waals surface area contributed by atoms with Crippen LogP contribution in [0.25, 0.3) is 0 Å². The van der Waals surface area contributed by atoms with E-state index in [0.717, 1.165) is 11.8 Å². The van der Waals surface area contributed by atoms with Crippen molar-refractivity contribution in [3.63, 3.8) is 0 Å². The summed E-state index contributed by atoms with van der Waals surface area (Å²) in [5.74, 6) is 2.95. The third-order valence-corrected chi connectivity index (χ3v) is 6.19. The lowest BCUT2D eigenvalue weighted by atomic mass is 9.71. The molecule has 116 valence electrons. The molecule has 20 heavy (non-hydrogen) atoms. The summed E-state index contributed by atoms with van der Waals surface area (Å²) >= 11 is 0. The molecular weight excluding hydrogens is 244 g/mol. The zero-order chi connectivity index (χ0) is 14.8. The number of rotatable bonds is 3. The van der Waals surface area contributed by atoms with E-state index in [-0.39, 0.29) is 0 Å². The van der Waals surface area contributed by atoms with Gasteiger partial charge in [0.25, 0.3) is 0 Å². The van der Waals surface area contributed by atoms with Crippen LogP contribution in [0, 0.1) is 17.3 Å². The summed E-state index contributed by atoms with van der Waals surface area (Å²) in [6.45, 7) is 18.8. The van der Waals surface area contributed by atoms with E-state index in [9.17, 15) is 0 Å². The second-order valence-corrected chi connectivity index (χ2v) is 7.54. The molecule has 0 aromatic rings. The quantitative estimate of drug-likeness (QED) is 0.758. The highest BCUT2D eigenvalue weighted by atomic mass is 15.3. The first-order chi connectivity index (χ1) is 9.46. The van der Waals surface area contributed by atoms with Crippen molar-refractivity contribution in [3.05, 3.63) is 12.4 Å². The molecule has 0 N–H and O–H groups in total. The summed E-state index contributed by atoms with van der Waals surface area (Å²) in [5, 5.41) is 0. The van der Waals surface area contributed by atoms with Gasteiger partial charge in [0.2, 0.25) is 0 Å². The smallest absolute Gasteiger partial charge is 0.0965 e. The van der Waals surface area contributed by atoms with Crippen molar-refractivity contribution in [2.75, 3.05) is 26.2 Å². The van der Waals surface area contributed by atoms with Crippen molar-refractivity contribution in [1.82, 2.24) is 9.80 Å². The highest BCUT2D eigenvalue weighted by molar-refractivity contribution is 5.00. The molecule has 0 aromatic heterocycles. The Labute approximate surface area is 126 Å². The molecule has 0 bridgehead atoms. The Hall–Kier alpha value is -0.660. The van der Waals surface area contributed by atoms with Crippen molar-refractivity contribution in [3.8, 4) is 0 Å². The number of piperidine rings is 1. The van der Waals surface area contributed by atoms with Gasteiger partial charge in [-0.1, -0.05) is 40.7 Å². The molecular formula is C18H34N2. The molecule has 2 aliphatic heterocycles. The van der Waals surface area contributed by atoms with Gasteiger partial charge in [0, 0.05) is 26.2 Å². The standard InChI is InChI=1S/C18H34N2/c1-6-18(5)10-13-20(14-16(18)3)17(4)19-11-7-8-15(2)9-12-19/h15-16H,4,6-14H2,1-3,5H3. The number of likely N-dealkylation sites (tertiary alicyclic amines) is 2. The fourth-order valence-electron chi connectivity index (χ4n) is 3.76.